The molecule has 0 amide bonds. The molecule has 0 bridgehead atoms. The first-order chi connectivity index (χ1) is 8.06. The SMILES string of the molecule is CC1=CC(=O)C=C/C1=C/c1ccc(C)cc1C. The Morgan fingerprint density at radius 1 is 1.06 bits per heavy atom. The summed E-state index contributed by atoms with van der Waals surface area (Å²) in [6.07, 6.45) is 7.30. The summed E-state index contributed by atoms with van der Waals surface area (Å²) >= 11 is 0. The van der Waals surface area contributed by atoms with Gasteiger partial charge in [0, 0.05) is 0 Å². The van der Waals surface area contributed by atoms with Gasteiger partial charge in [0.15, 0.2) is 5.78 Å². The molecule has 1 aromatic carbocycles. The first-order valence-electron chi connectivity index (χ1n) is 5.76. The van der Waals surface area contributed by atoms with Crippen LogP contribution in [-0.2, 0) is 4.79 Å². The van der Waals surface area contributed by atoms with E-state index in [2.05, 4.69) is 38.1 Å². The van der Waals surface area contributed by atoms with Gasteiger partial charge < -0.3 is 0 Å². The molecule has 0 atom stereocenters. The van der Waals surface area contributed by atoms with Crippen LogP contribution >= 0.6 is 0 Å². The predicted octanol–water partition coefficient (Wildman–Crippen LogP) is 3.77. The van der Waals surface area contributed by atoms with Crippen molar-refractivity contribution in [3.8, 4) is 0 Å². The lowest BCUT2D eigenvalue weighted by Gasteiger charge is -2.08. The van der Waals surface area contributed by atoms with Crippen LogP contribution in [-0.4, -0.2) is 5.78 Å². The van der Waals surface area contributed by atoms with Crippen molar-refractivity contribution in [3.63, 3.8) is 0 Å². The smallest absolute Gasteiger partial charge is 0.178 e. The first-order valence-corrected chi connectivity index (χ1v) is 5.76. The normalized spacial score (nSPS) is 17.5. The van der Waals surface area contributed by atoms with Gasteiger partial charge in [-0.2, -0.15) is 0 Å². The molecule has 1 aliphatic carbocycles. The van der Waals surface area contributed by atoms with Crippen LogP contribution in [0, 0.1) is 13.8 Å². The molecule has 1 aromatic rings. The van der Waals surface area contributed by atoms with E-state index in [0.717, 1.165) is 11.1 Å². The highest BCUT2D eigenvalue weighted by molar-refractivity contribution is 6.02. The molecule has 0 saturated carbocycles. The lowest BCUT2D eigenvalue weighted by molar-refractivity contribution is -0.110. The van der Waals surface area contributed by atoms with Gasteiger partial charge in [0.2, 0.25) is 0 Å². The molecule has 0 N–H and O–H groups in total. The van der Waals surface area contributed by atoms with Crippen LogP contribution in [0.2, 0.25) is 0 Å². The van der Waals surface area contributed by atoms with Crippen LogP contribution in [0.1, 0.15) is 23.6 Å². The zero-order chi connectivity index (χ0) is 12.4. The Hall–Kier alpha value is -1.89. The van der Waals surface area contributed by atoms with E-state index in [0.29, 0.717) is 0 Å². The average Bonchev–Trinajstić information content (AvgIpc) is 2.25. The summed E-state index contributed by atoms with van der Waals surface area (Å²) in [5.41, 5.74) is 5.87. The van der Waals surface area contributed by atoms with Crippen LogP contribution in [0.15, 0.2) is 47.6 Å². The Morgan fingerprint density at radius 2 is 1.82 bits per heavy atom. The van der Waals surface area contributed by atoms with Gasteiger partial charge in [-0.1, -0.05) is 29.8 Å². The maximum atomic E-state index is 11.2. The van der Waals surface area contributed by atoms with E-state index < -0.39 is 0 Å². The molecule has 2 rings (SSSR count). The number of hydrogen-bond acceptors (Lipinski definition) is 1. The first kappa shape index (κ1) is 11.6. The molecule has 0 saturated heterocycles. The highest BCUT2D eigenvalue weighted by Gasteiger charge is 2.06. The van der Waals surface area contributed by atoms with Crippen molar-refractivity contribution in [1.82, 2.24) is 0 Å². The van der Waals surface area contributed by atoms with Gasteiger partial charge in [0.05, 0.1) is 0 Å². The second-order valence-corrected chi connectivity index (χ2v) is 4.52. The van der Waals surface area contributed by atoms with E-state index in [1.54, 1.807) is 12.2 Å². The summed E-state index contributed by atoms with van der Waals surface area (Å²) < 4.78 is 0. The number of rotatable bonds is 1. The second kappa shape index (κ2) is 4.54. The van der Waals surface area contributed by atoms with Crippen molar-refractivity contribution in [3.05, 3.63) is 64.3 Å². The van der Waals surface area contributed by atoms with E-state index in [4.69, 9.17) is 0 Å². The second-order valence-electron chi connectivity index (χ2n) is 4.52. The van der Waals surface area contributed by atoms with Gasteiger partial charge in [-0.15, -0.1) is 0 Å². The summed E-state index contributed by atoms with van der Waals surface area (Å²) in [6.45, 7) is 6.17. The van der Waals surface area contributed by atoms with Crippen LogP contribution in [0.3, 0.4) is 0 Å². The Balaban J connectivity index is 2.40. The maximum absolute atomic E-state index is 11.2. The Bertz CT molecular complexity index is 557. The minimum atomic E-state index is 0.0697. The molecular formula is C16H16O. The summed E-state index contributed by atoms with van der Waals surface area (Å²) in [4.78, 5) is 11.2. The number of ketones is 1. The van der Waals surface area contributed by atoms with Crippen LogP contribution < -0.4 is 0 Å². The number of benzene rings is 1. The van der Waals surface area contributed by atoms with Crippen molar-refractivity contribution in [1.29, 1.82) is 0 Å². The fourth-order valence-electron chi connectivity index (χ4n) is 1.97. The van der Waals surface area contributed by atoms with Crippen molar-refractivity contribution in [2.45, 2.75) is 20.8 Å². The average molecular weight is 224 g/mol. The minimum absolute atomic E-state index is 0.0697. The summed E-state index contributed by atoms with van der Waals surface area (Å²) in [5.74, 6) is 0.0697. The van der Waals surface area contributed by atoms with Gasteiger partial charge in [-0.25, -0.2) is 0 Å². The van der Waals surface area contributed by atoms with E-state index in [9.17, 15) is 4.79 Å². The molecule has 1 heteroatoms. The number of allylic oxidation sites excluding steroid dienone is 5. The Kier molecular flexibility index (Phi) is 3.10. The van der Waals surface area contributed by atoms with Gasteiger partial charge in [0.1, 0.15) is 0 Å². The third-order valence-corrected chi connectivity index (χ3v) is 2.98. The molecule has 1 aliphatic rings. The minimum Gasteiger partial charge on any atom is -0.290 e. The fourth-order valence-corrected chi connectivity index (χ4v) is 1.97. The fraction of sp³-hybridized carbons (Fsp3) is 0.188. The molecule has 0 fully saturated rings. The molecule has 0 spiro atoms. The molecule has 0 aromatic heterocycles. The van der Waals surface area contributed by atoms with Crippen LogP contribution in [0.25, 0.3) is 6.08 Å². The molecule has 0 radical (unpaired) electrons. The third kappa shape index (κ3) is 2.62. The van der Waals surface area contributed by atoms with Crippen LogP contribution in [0.5, 0.6) is 0 Å². The van der Waals surface area contributed by atoms with Gasteiger partial charge in [-0.3, -0.25) is 4.79 Å². The molecule has 0 heterocycles. The van der Waals surface area contributed by atoms with E-state index in [-0.39, 0.29) is 5.78 Å². The zero-order valence-corrected chi connectivity index (χ0v) is 10.4. The topological polar surface area (TPSA) is 17.1 Å². The molecular weight excluding hydrogens is 208 g/mol. The third-order valence-electron chi connectivity index (χ3n) is 2.98. The van der Waals surface area contributed by atoms with Crippen molar-refractivity contribution >= 4 is 11.9 Å². The monoisotopic (exact) mass is 224 g/mol. The van der Waals surface area contributed by atoms with Crippen molar-refractivity contribution in [2.24, 2.45) is 0 Å². The summed E-state index contributed by atoms with van der Waals surface area (Å²) in [7, 11) is 0. The number of aryl methyl sites for hydroxylation is 2. The van der Waals surface area contributed by atoms with E-state index >= 15 is 0 Å². The number of carbonyl (C=O) groups excluding carboxylic acids is 1. The van der Waals surface area contributed by atoms with Crippen molar-refractivity contribution in [2.75, 3.05) is 0 Å². The predicted molar refractivity (Wildman–Crippen MR) is 71.8 cm³/mol. The maximum Gasteiger partial charge on any atom is 0.178 e. The molecule has 0 aliphatic heterocycles. The molecule has 17 heavy (non-hydrogen) atoms. The molecule has 1 nitrogen and oxygen atoms in total. The van der Waals surface area contributed by atoms with E-state index in [1.165, 1.54) is 16.7 Å². The molecule has 86 valence electrons. The highest BCUT2D eigenvalue weighted by Crippen LogP contribution is 2.21. The van der Waals surface area contributed by atoms with Gasteiger partial charge in [0.25, 0.3) is 0 Å². The van der Waals surface area contributed by atoms with Crippen LogP contribution in [0.4, 0.5) is 0 Å². The Labute approximate surface area is 102 Å². The lowest BCUT2D eigenvalue weighted by Crippen LogP contribution is -1.97. The number of hydrogen-bond donors (Lipinski definition) is 0. The van der Waals surface area contributed by atoms with E-state index in [1.807, 2.05) is 13.0 Å². The van der Waals surface area contributed by atoms with Gasteiger partial charge >= 0.3 is 0 Å². The largest absolute Gasteiger partial charge is 0.290 e. The lowest BCUT2D eigenvalue weighted by atomic mass is 9.96. The zero-order valence-electron chi connectivity index (χ0n) is 10.4. The number of carbonyl (C=O) groups is 1. The highest BCUT2D eigenvalue weighted by atomic mass is 16.1. The summed E-state index contributed by atoms with van der Waals surface area (Å²) in [6, 6.07) is 6.40. The van der Waals surface area contributed by atoms with Crippen molar-refractivity contribution < 1.29 is 4.79 Å². The summed E-state index contributed by atoms with van der Waals surface area (Å²) in [5, 5.41) is 0. The van der Waals surface area contributed by atoms with Gasteiger partial charge in [-0.05, 0) is 61.3 Å². The quantitative estimate of drug-likeness (QED) is 0.709. The molecule has 0 unspecified atom stereocenters. The Morgan fingerprint density at radius 3 is 2.47 bits per heavy atom. The standard InChI is InChI=1S/C16H16O/c1-11-4-5-14(12(2)8-11)10-15-6-7-16(17)9-13(15)3/h4-10H,1-3H3/b15-10-.